The van der Waals surface area contributed by atoms with Crippen molar-refractivity contribution < 1.29 is 23.9 Å². The van der Waals surface area contributed by atoms with E-state index in [-0.39, 0.29) is 43.3 Å². The fourth-order valence-corrected chi connectivity index (χ4v) is 3.10. The second-order valence-corrected chi connectivity index (χ2v) is 8.28. The van der Waals surface area contributed by atoms with Gasteiger partial charge in [-0.05, 0) is 48.8 Å². The van der Waals surface area contributed by atoms with Gasteiger partial charge in [0.15, 0.2) is 5.11 Å². The second-order valence-electron chi connectivity index (χ2n) is 7.87. The van der Waals surface area contributed by atoms with Gasteiger partial charge in [-0.15, -0.1) is 0 Å². The van der Waals surface area contributed by atoms with Crippen molar-refractivity contribution in [1.29, 1.82) is 0 Å². The summed E-state index contributed by atoms with van der Waals surface area (Å²) < 4.78 is 5.12. The molecule has 0 radical (unpaired) electrons. The van der Waals surface area contributed by atoms with Crippen LogP contribution in [0.1, 0.15) is 42.4 Å². The van der Waals surface area contributed by atoms with Crippen LogP contribution in [0.4, 0.5) is 5.69 Å². The van der Waals surface area contributed by atoms with Crippen LogP contribution in [0.5, 0.6) is 0 Å². The summed E-state index contributed by atoms with van der Waals surface area (Å²) >= 11 is 4.95. The number of anilines is 1. The molecule has 4 N–H and O–H groups in total. The topological polar surface area (TPSA) is 126 Å². The first kappa shape index (κ1) is 27.5. The lowest BCUT2D eigenvalue weighted by molar-refractivity contribution is -0.144. The van der Waals surface area contributed by atoms with Crippen LogP contribution < -0.4 is 21.5 Å². The monoisotopic (exact) mass is 498 g/mol. The Hall–Kier alpha value is -3.79. The number of thiocarbonyl (C=S) groups is 1. The number of amides is 3. The van der Waals surface area contributed by atoms with E-state index in [2.05, 4.69) is 21.5 Å². The van der Waals surface area contributed by atoms with Gasteiger partial charge in [0.1, 0.15) is 0 Å². The Kier molecular flexibility index (Phi) is 11.3. The molecule has 0 unspecified atom stereocenters. The van der Waals surface area contributed by atoms with Gasteiger partial charge in [0, 0.05) is 31.4 Å². The Morgan fingerprint density at radius 3 is 2.26 bits per heavy atom. The molecule has 2 rings (SSSR count). The predicted molar refractivity (Wildman–Crippen MR) is 136 cm³/mol. The minimum atomic E-state index is -0.496. The lowest BCUT2D eigenvalue weighted by atomic mass is 10.1. The number of aryl methyl sites for hydroxylation is 2. The number of hydrazine groups is 1. The maximum atomic E-state index is 12.1. The van der Waals surface area contributed by atoms with Gasteiger partial charge in [0.2, 0.25) is 17.7 Å². The zero-order chi connectivity index (χ0) is 25.6. The molecule has 10 heteroatoms. The lowest BCUT2D eigenvalue weighted by Gasteiger charge is -2.11. The molecule has 0 spiro atoms. The molecule has 0 saturated carbocycles. The first-order chi connectivity index (χ1) is 16.7. The third-order valence-electron chi connectivity index (χ3n) is 4.87. The van der Waals surface area contributed by atoms with Crippen LogP contribution in [0.2, 0.25) is 0 Å². The number of rotatable bonds is 10. The number of esters is 1. The molecule has 0 aliphatic carbocycles. The molecule has 0 aromatic heterocycles. The molecular weight excluding hydrogens is 468 g/mol. The molecule has 9 nitrogen and oxygen atoms in total. The fourth-order valence-electron chi connectivity index (χ4n) is 2.93. The van der Waals surface area contributed by atoms with E-state index < -0.39 is 17.8 Å². The van der Waals surface area contributed by atoms with E-state index >= 15 is 0 Å². The molecule has 186 valence electrons. The first-order valence-electron chi connectivity index (χ1n) is 11.2. The van der Waals surface area contributed by atoms with E-state index in [0.717, 1.165) is 16.7 Å². The Morgan fingerprint density at radius 1 is 0.829 bits per heavy atom. The Morgan fingerprint density at radius 2 is 1.51 bits per heavy atom. The van der Waals surface area contributed by atoms with Crippen molar-refractivity contribution in [2.24, 2.45) is 0 Å². The first-order valence-corrected chi connectivity index (χ1v) is 11.6. The quantitative estimate of drug-likeness (QED) is 0.225. The molecule has 0 aliphatic heterocycles. The minimum Gasteiger partial charge on any atom is -0.465 e. The van der Waals surface area contributed by atoms with Gasteiger partial charge in [-0.1, -0.05) is 42.5 Å². The highest BCUT2D eigenvalue weighted by Crippen LogP contribution is 2.16. The molecule has 0 fully saturated rings. The molecule has 0 aliphatic rings. The number of ether oxygens (including phenoxy) is 1. The van der Waals surface area contributed by atoms with Crippen molar-refractivity contribution in [2.75, 3.05) is 11.9 Å². The zero-order valence-corrected chi connectivity index (χ0v) is 20.6. The summed E-state index contributed by atoms with van der Waals surface area (Å²) in [5.41, 5.74) is 8.42. The summed E-state index contributed by atoms with van der Waals surface area (Å²) in [5.74, 6) is -1.74. The van der Waals surface area contributed by atoms with Gasteiger partial charge < -0.3 is 15.4 Å². The van der Waals surface area contributed by atoms with E-state index in [9.17, 15) is 19.2 Å². The summed E-state index contributed by atoms with van der Waals surface area (Å²) in [6.07, 6.45) is 0.296. The van der Waals surface area contributed by atoms with Crippen molar-refractivity contribution >= 4 is 46.7 Å². The molecule has 0 heterocycles. The normalized spacial score (nSPS) is 10.1. The Balaban J connectivity index is 1.56. The van der Waals surface area contributed by atoms with Crippen molar-refractivity contribution in [2.45, 2.75) is 46.0 Å². The average molecular weight is 499 g/mol. The lowest BCUT2D eigenvalue weighted by Crippen LogP contribution is -2.48. The van der Waals surface area contributed by atoms with Crippen molar-refractivity contribution in [3.05, 3.63) is 65.2 Å². The molecule has 0 bridgehead atoms. The van der Waals surface area contributed by atoms with Crippen LogP contribution in [0, 0.1) is 13.8 Å². The smallest absolute Gasteiger partial charge is 0.306 e. The van der Waals surface area contributed by atoms with E-state index in [0.29, 0.717) is 12.1 Å². The number of hydrogen-bond donors (Lipinski definition) is 4. The van der Waals surface area contributed by atoms with Crippen molar-refractivity contribution in [1.82, 2.24) is 16.2 Å². The SMILES string of the molecule is Cc1ccc(C)c(NC(=O)CCC(=O)NNC(=S)NC(=O)CCC(=O)OCCc2ccccc2)c1. The second kappa shape index (κ2) is 14.5. The van der Waals surface area contributed by atoms with Gasteiger partial charge in [0.05, 0.1) is 13.0 Å². The van der Waals surface area contributed by atoms with E-state index in [1.165, 1.54) is 0 Å². The summed E-state index contributed by atoms with van der Waals surface area (Å²) in [7, 11) is 0. The average Bonchev–Trinajstić information content (AvgIpc) is 2.83. The molecule has 0 atom stereocenters. The van der Waals surface area contributed by atoms with Gasteiger partial charge in [0.25, 0.3) is 0 Å². The number of benzene rings is 2. The fraction of sp³-hybridized carbons (Fsp3) is 0.320. The van der Waals surface area contributed by atoms with Crippen LogP contribution in [0.15, 0.2) is 48.5 Å². The zero-order valence-electron chi connectivity index (χ0n) is 19.8. The number of carbonyl (C=O) groups excluding carboxylic acids is 4. The van der Waals surface area contributed by atoms with E-state index in [4.69, 9.17) is 17.0 Å². The van der Waals surface area contributed by atoms with Crippen LogP contribution in [0.3, 0.4) is 0 Å². The standard InChI is InChI=1S/C25H30N4O5S/c1-17-8-9-18(2)20(16-17)26-21(30)10-11-23(32)28-29-25(35)27-22(31)12-13-24(33)34-15-14-19-6-4-3-5-7-19/h3-9,16H,10-15H2,1-2H3,(H,26,30)(H,28,32)(H2,27,29,31,35). The highest BCUT2D eigenvalue weighted by atomic mass is 32.1. The largest absolute Gasteiger partial charge is 0.465 e. The van der Waals surface area contributed by atoms with Gasteiger partial charge in [-0.25, -0.2) is 0 Å². The van der Waals surface area contributed by atoms with E-state index in [1.807, 2.05) is 62.4 Å². The van der Waals surface area contributed by atoms with Crippen LogP contribution in [-0.2, 0) is 30.3 Å². The van der Waals surface area contributed by atoms with Crippen LogP contribution >= 0.6 is 12.2 Å². The number of nitrogens with one attached hydrogen (secondary N) is 4. The summed E-state index contributed by atoms with van der Waals surface area (Å²) in [4.78, 5) is 47.7. The predicted octanol–water partition coefficient (Wildman–Crippen LogP) is 2.61. The molecule has 35 heavy (non-hydrogen) atoms. The molecule has 0 saturated heterocycles. The van der Waals surface area contributed by atoms with Crippen molar-refractivity contribution in [3.8, 4) is 0 Å². The van der Waals surface area contributed by atoms with Crippen molar-refractivity contribution in [3.63, 3.8) is 0 Å². The summed E-state index contributed by atoms with van der Waals surface area (Å²) in [6, 6.07) is 15.3. The highest BCUT2D eigenvalue weighted by Gasteiger charge is 2.12. The maximum Gasteiger partial charge on any atom is 0.306 e. The third kappa shape index (κ3) is 11.3. The summed E-state index contributed by atoms with van der Waals surface area (Å²) in [6.45, 7) is 4.05. The Labute approximate surface area is 210 Å². The minimum absolute atomic E-state index is 0.0214. The van der Waals surface area contributed by atoms with Crippen LogP contribution in [-0.4, -0.2) is 35.4 Å². The molecular formula is C25H30N4O5S. The molecule has 2 aromatic rings. The third-order valence-corrected chi connectivity index (χ3v) is 5.07. The number of carbonyl (C=O) groups is 4. The molecule has 3 amide bonds. The van der Waals surface area contributed by atoms with Gasteiger partial charge in [-0.3, -0.25) is 30.0 Å². The Bertz CT molecular complexity index is 1060. The number of hydrogen-bond acceptors (Lipinski definition) is 6. The van der Waals surface area contributed by atoms with Gasteiger partial charge >= 0.3 is 5.97 Å². The maximum absolute atomic E-state index is 12.1. The van der Waals surface area contributed by atoms with Crippen LogP contribution in [0.25, 0.3) is 0 Å². The molecule has 2 aromatic carbocycles. The van der Waals surface area contributed by atoms with Gasteiger partial charge in [-0.2, -0.15) is 0 Å². The highest BCUT2D eigenvalue weighted by molar-refractivity contribution is 7.80. The summed E-state index contributed by atoms with van der Waals surface area (Å²) in [5, 5.41) is 5.02. The van der Waals surface area contributed by atoms with E-state index in [1.54, 1.807) is 0 Å².